The number of rotatable bonds is 4. The van der Waals surface area contributed by atoms with Crippen molar-refractivity contribution < 1.29 is 4.43 Å². The first-order valence-electron chi connectivity index (χ1n) is 4.78. The maximum Gasteiger partial charge on any atom is 0.225 e. The van der Waals surface area contributed by atoms with E-state index in [4.69, 9.17) is 4.43 Å². The van der Waals surface area contributed by atoms with Crippen molar-refractivity contribution in [2.45, 2.75) is 32.7 Å². The highest BCUT2D eigenvalue weighted by Gasteiger charge is 2.24. The Morgan fingerprint density at radius 3 is 2.62 bits per heavy atom. The van der Waals surface area contributed by atoms with Crippen molar-refractivity contribution in [3.8, 4) is 5.48 Å². The van der Waals surface area contributed by atoms with Crippen LogP contribution in [0.4, 0.5) is 0 Å². The number of hydrogen-bond donors (Lipinski definition) is 0. The van der Waals surface area contributed by atoms with E-state index in [1.54, 1.807) is 0 Å². The van der Waals surface area contributed by atoms with E-state index in [1.807, 2.05) is 0 Å². The molecule has 0 saturated carbocycles. The SMILES string of the molecule is CC(C)C(C)(C)[SiH2]Oc1ccc[pH]1. The normalized spacial score (nSPS) is 13.6. The van der Waals surface area contributed by atoms with Crippen LogP contribution in [0.2, 0.25) is 5.04 Å². The molecule has 0 fully saturated rings. The van der Waals surface area contributed by atoms with Crippen LogP contribution in [0.5, 0.6) is 5.48 Å². The highest BCUT2D eigenvalue weighted by atomic mass is 31.0. The molecular formula is C10H19OPSi. The van der Waals surface area contributed by atoms with Gasteiger partial charge in [-0.1, -0.05) is 42.0 Å². The molecule has 1 rings (SSSR count). The largest absolute Gasteiger partial charge is 0.546 e. The molecule has 0 N–H and O–H groups in total. The molecule has 1 atom stereocenters. The van der Waals surface area contributed by atoms with Crippen LogP contribution < -0.4 is 4.43 Å². The van der Waals surface area contributed by atoms with Crippen molar-refractivity contribution in [3.63, 3.8) is 0 Å². The zero-order valence-corrected chi connectivity index (χ0v) is 11.3. The Morgan fingerprint density at radius 2 is 2.15 bits per heavy atom. The predicted octanol–water partition coefficient (Wildman–Crippen LogP) is 3.04. The van der Waals surface area contributed by atoms with Crippen LogP contribution in [0.3, 0.4) is 0 Å². The van der Waals surface area contributed by atoms with Crippen molar-refractivity contribution >= 4 is 18.0 Å². The summed E-state index contributed by atoms with van der Waals surface area (Å²) in [7, 11) is 0.333. The summed E-state index contributed by atoms with van der Waals surface area (Å²) in [5.41, 5.74) is 1.19. The second-order valence-electron chi connectivity index (χ2n) is 4.47. The molecule has 0 amide bonds. The molecule has 0 aliphatic carbocycles. The second-order valence-corrected chi connectivity index (χ2v) is 7.98. The van der Waals surface area contributed by atoms with Crippen molar-refractivity contribution in [2.75, 3.05) is 0 Å². The molecule has 0 bridgehead atoms. The van der Waals surface area contributed by atoms with Gasteiger partial charge < -0.3 is 4.43 Å². The lowest BCUT2D eigenvalue weighted by molar-refractivity contribution is 0.431. The van der Waals surface area contributed by atoms with Gasteiger partial charge in [0.2, 0.25) is 9.76 Å². The van der Waals surface area contributed by atoms with Crippen LogP contribution >= 0.6 is 8.19 Å². The van der Waals surface area contributed by atoms with Crippen molar-refractivity contribution in [1.29, 1.82) is 0 Å². The molecule has 1 unspecified atom stereocenters. The summed E-state index contributed by atoms with van der Waals surface area (Å²) in [6, 6.07) is 4.19. The molecule has 0 aliphatic rings. The van der Waals surface area contributed by atoms with Crippen molar-refractivity contribution in [3.05, 3.63) is 17.9 Å². The molecular weight excluding hydrogens is 195 g/mol. The van der Waals surface area contributed by atoms with Gasteiger partial charge in [0.05, 0.1) is 0 Å². The Kier molecular flexibility index (Phi) is 3.63. The summed E-state index contributed by atoms with van der Waals surface area (Å²) >= 11 is 0. The topological polar surface area (TPSA) is 9.23 Å². The first kappa shape index (κ1) is 10.9. The molecule has 0 aliphatic heterocycles. The van der Waals surface area contributed by atoms with Gasteiger partial charge in [0.25, 0.3) is 0 Å². The van der Waals surface area contributed by atoms with E-state index in [2.05, 4.69) is 45.6 Å². The van der Waals surface area contributed by atoms with Crippen molar-refractivity contribution in [1.82, 2.24) is 0 Å². The van der Waals surface area contributed by atoms with Crippen LogP contribution in [-0.2, 0) is 0 Å². The van der Waals surface area contributed by atoms with Gasteiger partial charge in [-0.15, -0.1) is 0 Å². The van der Waals surface area contributed by atoms with E-state index in [9.17, 15) is 0 Å². The second kappa shape index (κ2) is 4.34. The summed E-state index contributed by atoms with van der Waals surface area (Å²) in [4.78, 5) is 0. The molecule has 13 heavy (non-hydrogen) atoms. The van der Waals surface area contributed by atoms with E-state index in [1.165, 1.54) is 5.48 Å². The highest BCUT2D eigenvalue weighted by Crippen LogP contribution is 2.34. The molecule has 74 valence electrons. The third kappa shape index (κ3) is 3.20. The Morgan fingerprint density at radius 1 is 1.46 bits per heavy atom. The number of hydrogen-bond acceptors (Lipinski definition) is 1. The van der Waals surface area contributed by atoms with Gasteiger partial charge >= 0.3 is 0 Å². The van der Waals surface area contributed by atoms with E-state index < -0.39 is 9.76 Å². The van der Waals surface area contributed by atoms with Crippen LogP contribution in [0.1, 0.15) is 27.7 Å². The third-order valence-corrected chi connectivity index (χ3v) is 5.99. The summed E-state index contributed by atoms with van der Waals surface area (Å²) in [5, 5.41) is 0.411. The van der Waals surface area contributed by atoms with Gasteiger partial charge in [0, 0.05) is 0 Å². The third-order valence-electron chi connectivity index (χ3n) is 2.73. The van der Waals surface area contributed by atoms with Gasteiger partial charge in [-0.25, -0.2) is 0 Å². The molecule has 0 saturated heterocycles. The fourth-order valence-electron chi connectivity index (χ4n) is 0.834. The summed E-state index contributed by atoms with van der Waals surface area (Å²) in [6.07, 6.45) is 0. The maximum absolute atomic E-state index is 5.88. The first-order valence-corrected chi connectivity index (χ1v) is 7.15. The fourth-order valence-corrected chi connectivity index (χ4v) is 2.89. The first-order chi connectivity index (χ1) is 6.02. The molecule has 1 aromatic rings. The molecule has 1 heterocycles. The van der Waals surface area contributed by atoms with Gasteiger partial charge in [-0.3, -0.25) is 0 Å². The van der Waals surface area contributed by atoms with Crippen LogP contribution in [0.25, 0.3) is 0 Å². The lowest BCUT2D eigenvalue weighted by atomic mass is 9.99. The van der Waals surface area contributed by atoms with Gasteiger partial charge in [0.1, 0.15) is 5.48 Å². The Labute approximate surface area is 84.9 Å². The minimum absolute atomic E-state index is 0.411. The minimum Gasteiger partial charge on any atom is -0.546 e. The Balaban J connectivity index is 2.42. The zero-order valence-electron chi connectivity index (χ0n) is 8.92. The summed E-state index contributed by atoms with van der Waals surface area (Å²) < 4.78 is 5.88. The monoisotopic (exact) mass is 214 g/mol. The summed E-state index contributed by atoms with van der Waals surface area (Å²) in [6.45, 7) is 9.19. The Bertz CT molecular complexity index is 241. The quantitative estimate of drug-likeness (QED) is 0.700. The van der Waals surface area contributed by atoms with Crippen LogP contribution in [-0.4, -0.2) is 9.76 Å². The van der Waals surface area contributed by atoms with E-state index >= 15 is 0 Å². The lowest BCUT2D eigenvalue weighted by Crippen LogP contribution is -2.23. The van der Waals surface area contributed by atoms with E-state index in [0.29, 0.717) is 5.04 Å². The van der Waals surface area contributed by atoms with Gasteiger partial charge in [-0.2, -0.15) is 0 Å². The zero-order chi connectivity index (χ0) is 9.90. The Hall–Kier alpha value is -0.203. The van der Waals surface area contributed by atoms with Gasteiger partial charge in [0.15, 0.2) is 0 Å². The molecule has 0 radical (unpaired) electrons. The molecule has 1 nitrogen and oxygen atoms in total. The highest BCUT2D eigenvalue weighted by molar-refractivity contribution is 7.32. The molecule has 0 aromatic carbocycles. The fraction of sp³-hybridized carbons (Fsp3) is 0.600. The summed E-state index contributed by atoms with van der Waals surface area (Å²) in [5.74, 6) is 2.89. The van der Waals surface area contributed by atoms with E-state index in [0.717, 1.165) is 14.1 Å². The molecule has 3 heteroatoms. The van der Waals surface area contributed by atoms with Crippen LogP contribution in [0.15, 0.2) is 17.9 Å². The predicted molar refractivity (Wildman–Crippen MR) is 64.0 cm³/mol. The minimum atomic E-state index is -0.439. The molecule has 1 aromatic heterocycles. The molecule has 0 spiro atoms. The van der Waals surface area contributed by atoms with Crippen molar-refractivity contribution in [2.24, 2.45) is 5.92 Å². The maximum atomic E-state index is 5.88. The van der Waals surface area contributed by atoms with Crippen LogP contribution in [0, 0.1) is 5.92 Å². The van der Waals surface area contributed by atoms with E-state index in [-0.39, 0.29) is 0 Å². The average Bonchev–Trinajstić information content (AvgIpc) is 2.52. The average molecular weight is 214 g/mol. The standard InChI is InChI=1S/C10H19OPSi/c1-8(2)10(3,4)13-11-9-6-5-7-12-9/h5-8,12H,13H2,1-4H3. The smallest absolute Gasteiger partial charge is 0.225 e. The lowest BCUT2D eigenvalue weighted by Gasteiger charge is -2.27. The van der Waals surface area contributed by atoms with Gasteiger partial charge in [-0.05, 0) is 22.8 Å².